The van der Waals surface area contributed by atoms with Crippen LogP contribution in [0.2, 0.25) is 5.02 Å². The molecule has 4 aromatic rings. The molecule has 170 valence electrons. The van der Waals surface area contributed by atoms with E-state index in [0.29, 0.717) is 35.0 Å². The van der Waals surface area contributed by atoms with Crippen LogP contribution in [0.4, 0.5) is 0 Å². The first kappa shape index (κ1) is 21.7. The zero-order valence-corrected chi connectivity index (χ0v) is 19.6. The molecule has 3 heterocycles. The SMILES string of the molecule is Cc1ccnc(Cn2c(-c3ccc(S(N)(=O)=O)cc3Cl)nc3c(OC4(C)CC4)ncnc32)c1. The highest BCUT2D eigenvalue weighted by atomic mass is 35.5. The average molecular weight is 485 g/mol. The minimum Gasteiger partial charge on any atom is -0.470 e. The molecule has 9 nitrogen and oxygen atoms in total. The van der Waals surface area contributed by atoms with Crippen molar-refractivity contribution < 1.29 is 13.2 Å². The van der Waals surface area contributed by atoms with Crippen molar-refractivity contribution in [2.24, 2.45) is 5.14 Å². The Hall–Kier alpha value is -3.08. The standard InChI is InChI=1S/C22H21ClN6O3S/c1-13-5-8-25-14(9-13)11-29-19(16-4-3-15(10-17(16)23)33(24,30)31)28-18-20(29)26-12-27-21(18)32-22(2)6-7-22/h3-5,8-10,12H,6-7,11H2,1-2H3,(H2,24,30,31). The lowest BCUT2D eigenvalue weighted by Gasteiger charge is -2.12. The number of sulfonamides is 1. The summed E-state index contributed by atoms with van der Waals surface area (Å²) in [5.41, 5.74) is 3.22. The highest BCUT2D eigenvalue weighted by Crippen LogP contribution is 2.41. The number of benzene rings is 1. The highest BCUT2D eigenvalue weighted by molar-refractivity contribution is 7.89. The van der Waals surface area contributed by atoms with Crippen LogP contribution < -0.4 is 9.88 Å². The van der Waals surface area contributed by atoms with Crippen LogP contribution in [0.5, 0.6) is 5.88 Å². The van der Waals surface area contributed by atoms with E-state index < -0.39 is 10.0 Å². The van der Waals surface area contributed by atoms with Crippen LogP contribution in [0.3, 0.4) is 0 Å². The Bertz CT molecular complexity index is 1500. The molecule has 11 heteroatoms. The topological polar surface area (TPSA) is 126 Å². The molecule has 1 aromatic carbocycles. The van der Waals surface area contributed by atoms with Crippen LogP contribution in [-0.4, -0.2) is 38.5 Å². The second-order valence-corrected chi connectivity index (χ2v) is 10.4. The number of halogens is 1. The number of nitrogens with zero attached hydrogens (tertiary/aromatic N) is 5. The quantitative estimate of drug-likeness (QED) is 0.444. The summed E-state index contributed by atoms with van der Waals surface area (Å²) in [5.74, 6) is 0.889. The second-order valence-electron chi connectivity index (χ2n) is 8.44. The molecule has 0 bridgehead atoms. The van der Waals surface area contributed by atoms with Gasteiger partial charge in [0.1, 0.15) is 17.8 Å². The maximum atomic E-state index is 11.8. The Morgan fingerprint density at radius 1 is 1.18 bits per heavy atom. The summed E-state index contributed by atoms with van der Waals surface area (Å²) in [6.07, 6.45) is 5.08. The number of imidazole rings is 1. The summed E-state index contributed by atoms with van der Waals surface area (Å²) in [6.45, 7) is 4.39. The number of primary sulfonamides is 1. The number of fused-ring (bicyclic) bond motifs is 1. The Balaban J connectivity index is 1.70. The zero-order valence-electron chi connectivity index (χ0n) is 18.0. The van der Waals surface area contributed by atoms with E-state index in [9.17, 15) is 8.42 Å². The summed E-state index contributed by atoms with van der Waals surface area (Å²) >= 11 is 6.50. The normalized spacial score (nSPS) is 15.0. The van der Waals surface area contributed by atoms with Gasteiger partial charge in [-0.25, -0.2) is 23.5 Å². The van der Waals surface area contributed by atoms with E-state index in [2.05, 4.69) is 15.0 Å². The molecule has 0 atom stereocenters. The van der Waals surface area contributed by atoms with Crippen molar-refractivity contribution >= 4 is 32.8 Å². The Kier molecular flexibility index (Phi) is 5.11. The maximum Gasteiger partial charge on any atom is 0.245 e. The molecular formula is C22H21ClN6O3S. The largest absolute Gasteiger partial charge is 0.470 e. The maximum absolute atomic E-state index is 11.8. The van der Waals surface area contributed by atoms with Gasteiger partial charge in [0, 0.05) is 11.8 Å². The minimum absolute atomic E-state index is 0.0789. The molecule has 2 N–H and O–H groups in total. The van der Waals surface area contributed by atoms with Crippen molar-refractivity contribution in [3.05, 3.63) is 59.1 Å². The van der Waals surface area contributed by atoms with Crippen molar-refractivity contribution in [3.8, 4) is 17.3 Å². The van der Waals surface area contributed by atoms with E-state index in [0.717, 1.165) is 24.1 Å². The molecule has 1 saturated carbocycles. The third-order valence-electron chi connectivity index (χ3n) is 5.60. The molecule has 0 spiro atoms. The van der Waals surface area contributed by atoms with E-state index >= 15 is 0 Å². The highest BCUT2D eigenvalue weighted by Gasteiger charge is 2.41. The van der Waals surface area contributed by atoms with Gasteiger partial charge in [-0.05, 0) is 62.6 Å². The van der Waals surface area contributed by atoms with Crippen molar-refractivity contribution in [1.82, 2.24) is 24.5 Å². The lowest BCUT2D eigenvalue weighted by atomic mass is 10.2. The molecule has 0 radical (unpaired) electrons. The van der Waals surface area contributed by atoms with Crippen LogP contribution in [-0.2, 0) is 16.6 Å². The van der Waals surface area contributed by atoms with Crippen LogP contribution >= 0.6 is 11.6 Å². The fourth-order valence-corrected chi connectivity index (χ4v) is 4.43. The number of ether oxygens (including phenoxy) is 1. The third kappa shape index (κ3) is 4.29. The van der Waals surface area contributed by atoms with Crippen LogP contribution in [0.15, 0.2) is 47.8 Å². The lowest BCUT2D eigenvalue weighted by molar-refractivity contribution is 0.194. The van der Waals surface area contributed by atoms with Gasteiger partial charge >= 0.3 is 0 Å². The third-order valence-corrected chi connectivity index (χ3v) is 6.82. The number of aryl methyl sites for hydroxylation is 1. The average Bonchev–Trinajstić information content (AvgIpc) is 3.36. The van der Waals surface area contributed by atoms with Gasteiger partial charge in [-0.2, -0.15) is 4.98 Å². The predicted molar refractivity (Wildman–Crippen MR) is 123 cm³/mol. The van der Waals surface area contributed by atoms with Gasteiger partial charge in [-0.3, -0.25) is 4.98 Å². The monoisotopic (exact) mass is 484 g/mol. The van der Waals surface area contributed by atoms with Crippen LogP contribution in [0, 0.1) is 6.92 Å². The lowest BCUT2D eigenvalue weighted by Crippen LogP contribution is -2.13. The summed E-state index contributed by atoms with van der Waals surface area (Å²) in [6, 6.07) is 8.20. The van der Waals surface area contributed by atoms with Gasteiger partial charge in [0.15, 0.2) is 11.2 Å². The molecule has 0 aliphatic heterocycles. The number of nitrogens with two attached hydrogens (primary N) is 1. The molecule has 0 unspecified atom stereocenters. The van der Waals surface area contributed by atoms with Crippen molar-refractivity contribution in [2.45, 2.75) is 43.7 Å². The number of pyridine rings is 1. The van der Waals surface area contributed by atoms with E-state index in [1.165, 1.54) is 18.5 Å². The molecule has 33 heavy (non-hydrogen) atoms. The van der Waals surface area contributed by atoms with Crippen LogP contribution in [0.1, 0.15) is 31.0 Å². The van der Waals surface area contributed by atoms with Crippen LogP contribution in [0.25, 0.3) is 22.6 Å². The van der Waals surface area contributed by atoms with Crippen molar-refractivity contribution in [2.75, 3.05) is 0 Å². The van der Waals surface area contributed by atoms with E-state index in [4.69, 9.17) is 26.5 Å². The molecule has 0 saturated heterocycles. The van der Waals surface area contributed by atoms with Gasteiger partial charge in [0.25, 0.3) is 0 Å². The number of aromatic nitrogens is 5. The fraction of sp³-hybridized carbons (Fsp3) is 0.273. The van der Waals surface area contributed by atoms with Gasteiger partial charge < -0.3 is 9.30 Å². The first-order chi connectivity index (χ1) is 15.6. The molecular weight excluding hydrogens is 464 g/mol. The smallest absolute Gasteiger partial charge is 0.245 e. The summed E-state index contributed by atoms with van der Waals surface area (Å²) in [4.78, 5) is 18.0. The zero-order chi connectivity index (χ0) is 23.4. The number of hydrogen-bond acceptors (Lipinski definition) is 7. The first-order valence-corrected chi connectivity index (χ1v) is 12.2. The van der Waals surface area contributed by atoms with Crippen molar-refractivity contribution in [3.63, 3.8) is 0 Å². The predicted octanol–water partition coefficient (Wildman–Crippen LogP) is 3.48. The number of hydrogen-bond donors (Lipinski definition) is 1. The molecule has 1 aliphatic carbocycles. The second kappa shape index (κ2) is 7.75. The molecule has 5 rings (SSSR count). The molecule has 3 aromatic heterocycles. The molecule has 0 amide bonds. The summed E-state index contributed by atoms with van der Waals surface area (Å²) in [5, 5.41) is 5.45. The Labute approximate surface area is 195 Å². The fourth-order valence-electron chi connectivity index (χ4n) is 3.56. The Morgan fingerprint density at radius 2 is 1.97 bits per heavy atom. The van der Waals surface area contributed by atoms with Gasteiger partial charge in [-0.15, -0.1) is 0 Å². The summed E-state index contributed by atoms with van der Waals surface area (Å²) in [7, 11) is -3.90. The summed E-state index contributed by atoms with van der Waals surface area (Å²) < 4.78 is 31.5. The van der Waals surface area contributed by atoms with Gasteiger partial charge in [0.2, 0.25) is 15.9 Å². The van der Waals surface area contributed by atoms with Crippen molar-refractivity contribution in [1.29, 1.82) is 0 Å². The Morgan fingerprint density at radius 3 is 2.64 bits per heavy atom. The molecule has 1 aliphatic rings. The minimum atomic E-state index is -3.90. The van der Waals surface area contributed by atoms with E-state index in [1.807, 2.05) is 30.5 Å². The first-order valence-electron chi connectivity index (χ1n) is 10.3. The van der Waals surface area contributed by atoms with E-state index in [1.54, 1.807) is 12.3 Å². The number of rotatable bonds is 6. The molecule has 1 fully saturated rings. The van der Waals surface area contributed by atoms with Gasteiger partial charge in [-0.1, -0.05) is 11.6 Å². The van der Waals surface area contributed by atoms with Gasteiger partial charge in [0.05, 0.1) is 22.2 Å². The van der Waals surface area contributed by atoms with E-state index in [-0.39, 0.29) is 15.5 Å².